The van der Waals surface area contributed by atoms with E-state index in [-0.39, 0.29) is 23.5 Å². The highest BCUT2D eigenvalue weighted by Crippen LogP contribution is 2.40. The van der Waals surface area contributed by atoms with Crippen molar-refractivity contribution in [1.29, 1.82) is 0 Å². The Morgan fingerprint density at radius 1 is 1.20 bits per heavy atom. The van der Waals surface area contributed by atoms with Crippen molar-refractivity contribution in [3.8, 4) is 5.75 Å². The number of hydrogen-bond donors (Lipinski definition) is 2. The number of hydrogen-bond acceptors (Lipinski definition) is 4. The van der Waals surface area contributed by atoms with Crippen LogP contribution in [0.3, 0.4) is 0 Å². The summed E-state index contributed by atoms with van der Waals surface area (Å²) >= 11 is 0. The minimum atomic E-state index is -0.468. The van der Waals surface area contributed by atoms with Gasteiger partial charge in [-0.25, -0.2) is 4.79 Å². The number of aliphatic hydroxyl groups is 1. The van der Waals surface area contributed by atoms with Gasteiger partial charge in [-0.15, -0.1) is 0 Å². The highest BCUT2D eigenvalue weighted by Gasteiger charge is 2.35. The standard InChI is InChI=1S/C16H16O4/c1-9-2-3-11-8-13(10-4-6-12(17)7-5-10)20-16(19)14(11)15(9)18/h3-7,9,13,17-18H,2,8H2,1H3. The van der Waals surface area contributed by atoms with Crippen LogP contribution in [0.5, 0.6) is 5.75 Å². The van der Waals surface area contributed by atoms with Gasteiger partial charge in [0, 0.05) is 12.3 Å². The quantitative estimate of drug-likeness (QED) is 0.771. The van der Waals surface area contributed by atoms with Crippen LogP contribution in [0.25, 0.3) is 0 Å². The van der Waals surface area contributed by atoms with Crippen LogP contribution in [-0.2, 0) is 9.53 Å². The SMILES string of the molecule is CC1CC=C2CC(c3ccc(O)cc3)OC(=O)C2=C1O. The maximum atomic E-state index is 12.1. The van der Waals surface area contributed by atoms with Crippen molar-refractivity contribution in [1.82, 2.24) is 0 Å². The van der Waals surface area contributed by atoms with Crippen LogP contribution in [0.2, 0.25) is 0 Å². The van der Waals surface area contributed by atoms with E-state index >= 15 is 0 Å². The number of phenols is 1. The zero-order chi connectivity index (χ0) is 14.3. The van der Waals surface area contributed by atoms with Gasteiger partial charge in [-0.3, -0.25) is 0 Å². The third kappa shape index (κ3) is 2.07. The fraction of sp³-hybridized carbons (Fsp3) is 0.312. The van der Waals surface area contributed by atoms with Crippen molar-refractivity contribution in [2.75, 3.05) is 0 Å². The molecular weight excluding hydrogens is 256 g/mol. The van der Waals surface area contributed by atoms with Crippen molar-refractivity contribution >= 4 is 5.97 Å². The number of cyclic esters (lactones) is 1. The van der Waals surface area contributed by atoms with Crippen molar-refractivity contribution in [3.05, 3.63) is 52.8 Å². The number of rotatable bonds is 1. The zero-order valence-electron chi connectivity index (χ0n) is 11.2. The number of ether oxygens (including phenoxy) is 1. The number of aliphatic hydroxyl groups excluding tert-OH is 1. The molecule has 2 atom stereocenters. The molecule has 0 amide bonds. The van der Waals surface area contributed by atoms with Gasteiger partial charge >= 0.3 is 5.97 Å². The van der Waals surface area contributed by atoms with Gasteiger partial charge in [-0.05, 0) is 29.7 Å². The van der Waals surface area contributed by atoms with Crippen LogP contribution in [0.15, 0.2) is 47.2 Å². The summed E-state index contributed by atoms with van der Waals surface area (Å²) in [6, 6.07) is 6.63. The van der Waals surface area contributed by atoms with E-state index in [1.165, 1.54) is 0 Å². The largest absolute Gasteiger partial charge is 0.511 e. The molecule has 2 N–H and O–H groups in total. The molecule has 1 saturated heterocycles. The second-order valence-electron chi connectivity index (χ2n) is 5.32. The van der Waals surface area contributed by atoms with Gasteiger partial charge in [0.05, 0.1) is 0 Å². The predicted molar refractivity (Wildman–Crippen MR) is 73.1 cm³/mol. The number of aromatic hydroxyl groups is 1. The number of allylic oxidation sites excluding steroid dienone is 2. The van der Waals surface area contributed by atoms with E-state index in [2.05, 4.69) is 0 Å². The molecule has 0 aromatic heterocycles. The summed E-state index contributed by atoms with van der Waals surface area (Å²) in [6.45, 7) is 1.88. The Hall–Kier alpha value is -2.23. The first-order valence-corrected chi connectivity index (χ1v) is 6.68. The molecule has 0 radical (unpaired) electrons. The second kappa shape index (κ2) is 4.71. The molecule has 0 saturated carbocycles. The minimum absolute atomic E-state index is 0.0356. The Balaban J connectivity index is 1.91. The molecule has 1 fully saturated rings. The monoisotopic (exact) mass is 272 g/mol. The van der Waals surface area contributed by atoms with Gasteiger partial charge in [0.15, 0.2) is 0 Å². The van der Waals surface area contributed by atoms with Gasteiger partial charge in [0.25, 0.3) is 0 Å². The summed E-state index contributed by atoms with van der Waals surface area (Å²) in [5.74, 6) is -0.187. The number of fused-ring (bicyclic) bond motifs is 1. The third-order valence-corrected chi connectivity index (χ3v) is 3.89. The molecule has 3 rings (SSSR count). The lowest BCUT2D eigenvalue weighted by molar-refractivity contribution is -0.146. The van der Waals surface area contributed by atoms with Gasteiger partial charge in [0.1, 0.15) is 23.2 Å². The van der Waals surface area contributed by atoms with Crippen molar-refractivity contribution in [3.63, 3.8) is 0 Å². The smallest absolute Gasteiger partial charge is 0.342 e. The fourth-order valence-corrected chi connectivity index (χ4v) is 2.67. The molecular formula is C16H16O4. The molecule has 0 spiro atoms. The molecule has 1 aliphatic carbocycles. The Bertz CT molecular complexity index is 610. The molecule has 20 heavy (non-hydrogen) atoms. The molecule has 2 aliphatic rings. The number of esters is 1. The molecule has 1 aliphatic heterocycles. The third-order valence-electron chi connectivity index (χ3n) is 3.89. The van der Waals surface area contributed by atoms with Gasteiger partial charge in [-0.1, -0.05) is 25.1 Å². The lowest BCUT2D eigenvalue weighted by Gasteiger charge is -2.30. The van der Waals surface area contributed by atoms with Crippen LogP contribution >= 0.6 is 0 Å². The average molecular weight is 272 g/mol. The van der Waals surface area contributed by atoms with Crippen molar-refractivity contribution in [2.24, 2.45) is 5.92 Å². The topological polar surface area (TPSA) is 66.8 Å². The van der Waals surface area contributed by atoms with Gasteiger partial charge in [-0.2, -0.15) is 0 Å². The molecule has 1 heterocycles. The Morgan fingerprint density at radius 3 is 2.60 bits per heavy atom. The highest BCUT2D eigenvalue weighted by molar-refractivity contribution is 5.95. The second-order valence-corrected chi connectivity index (χ2v) is 5.32. The first kappa shape index (κ1) is 12.8. The summed E-state index contributed by atoms with van der Waals surface area (Å²) in [4.78, 5) is 12.1. The van der Waals surface area contributed by atoms with E-state index < -0.39 is 5.97 Å². The molecule has 2 unspecified atom stereocenters. The highest BCUT2D eigenvalue weighted by atomic mass is 16.5. The van der Waals surface area contributed by atoms with E-state index in [1.807, 2.05) is 13.0 Å². The molecule has 4 nitrogen and oxygen atoms in total. The Morgan fingerprint density at radius 2 is 1.90 bits per heavy atom. The first-order valence-electron chi connectivity index (χ1n) is 6.68. The van der Waals surface area contributed by atoms with E-state index in [9.17, 15) is 15.0 Å². The summed E-state index contributed by atoms with van der Waals surface area (Å²) in [6.07, 6.45) is 2.94. The maximum absolute atomic E-state index is 12.1. The normalized spacial score (nSPS) is 25.9. The molecule has 1 aromatic carbocycles. The number of phenolic OH excluding ortho intramolecular Hbond substituents is 1. The van der Waals surface area contributed by atoms with Crippen LogP contribution in [0.4, 0.5) is 0 Å². The van der Waals surface area contributed by atoms with Crippen LogP contribution in [0.1, 0.15) is 31.4 Å². The maximum Gasteiger partial charge on any atom is 0.342 e. The van der Waals surface area contributed by atoms with Crippen LogP contribution < -0.4 is 0 Å². The number of carbonyl (C=O) groups excluding carboxylic acids is 1. The van der Waals surface area contributed by atoms with Gasteiger partial charge < -0.3 is 14.9 Å². The summed E-state index contributed by atoms with van der Waals surface area (Å²) in [7, 11) is 0. The van der Waals surface area contributed by atoms with E-state index in [0.29, 0.717) is 12.0 Å². The average Bonchev–Trinajstić information content (AvgIpc) is 2.43. The minimum Gasteiger partial charge on any atom is -0.511 e. The summed E-state index contributed by atoms with van der Waals surface area (Å²) < 4.78 is 5.42. The number of benzene rings is 1. The fourth-order valence-electron chi connectivity index (χ4n) is 2.67. The zero-order valence-corrected chi connectivity index (χ0v) is 11.2. The van der Waals surface area contributed by atoms with E-state index in [0.717, 1.165) is 17.6 Å². The summed E-state index contributed by atoms with van der Waals surface area (Å²) in [5.41, 5.74) is 2.03. The molecule has 1 aromatic rings. The molecule has 104 valence electrons. The van der Waals surface area contributed by atoms with Crippen LogP contribution in [-0.4, -0.2) is 16.2 Å². The predicted octanol–water partition coefficient (Wildman–Crippen LogP) is 3.16. The Labute approximate surface area is 117 Å². The van der Waals surface area contributed by atoms with Gasteiger partial charge in [0.2, 0.25) is 0 Å². The molecule has 0 bridgehead atoms. The van der Waals surface area contributed by atoms with E-state index in [1.54, 1.807) is 24.3 Å². The first-order chi connectivity index (χ1) is 9.56. The van der Waals surface area contributed by atoms with Crippen molar-refractivity contribution < 1.29 is 19.7 Å². The number of carbonyl (C=O) groups is 1. The summed E-state index contributed by atoms with van der Waals surface area (Å²) in [5, 5.41) is 19.3. The lowest BCUT2D eigenvalue weighted by atomic mass is 9.84. The van der Waals surface area contributed by atoms with E-state index in [4.69, 9.17) is 4.74 Å². The van der Waals surface area contributed by atoms with Crippen molar-refractivity contribution in [2.45, 2.75) is 25.9 Å². The lowest BCUT2D eigenvalue weighted by Crippen LogP contribution is -2.26. The Kier molecular flexibility index (Phi) is 3.01. The molecule has 4 heteroatoms. The van der Waals surface area contributed by atoms with Crippen LogP contribution in [0, 0.1) is 5.92 Å².